The number of piperazine rings is 1. The quantitative estimate of drug-likeness (QED) is 0.746. The van der Waals surface area contributed by atoms with Gasteiger partial charge in [0.15, 0.2) is 18.1 Å². The Hall–Kier alpha value is -2.95. The number of hydrogen-bond acceptors (Lipinski definition) is 6. The summed E-state index contributed by atoms with van der Waals surface area (Å²) in [5, 5.41) is 8.81. The van der Waals surface area contributed by atoms with Crippen molar-refractivity contribution in [1.29, 1.82) is 5.26 Å². The van der Waals surface area contributed by atoms with Crippen molar-refractivity contribution in [3.05, 3.63) is 53.6 Å². The minimum absolute atomic E-state index is 0. The zero-order valence-electron chi connectivity index (χ0n) is 15.9. The van der Waals surface area contributed by atoms with Crippen LogP contribution in [0.1, 0.15) is 11.1 Å². The molecule has 29 heavy (non-hydrogen) atoms. The van der Waals surface area contributed by atoms with E-state index in [0.717, 1.165) is 31.1 Å². The van der Waals surface area contributed by atoms with Crippen molar-refractivity contribution in [2.45, 2.75) is 6.54 Å². The Morgan fingerprint density at radius 1 is 1.03 bits per heavy atom. The molecule has 2 aromatic rings. The minimum Gasteiger partial charge on any atom is -0.484 e. The van der Waals surface area contributed by atoms with E-state index in [2.05, 4.69) is 17.0 Å². The largest absolute Gasteiger partial charge is 0.484 e. The van der Waals surface area contributed by atoms with Crippen LogP contribution in [0.4, 0.5) is 0 Å². The first-order valence-corrected chi connectivity index (χ1v) is 9.23. The first-order chi connectivity index (χ1) is 13.7. The smallest absolute Gasteiger partial charge is 0.260 e. The molecule has 2 aliphatic heterocycles. The van der Waals surface area contributed by atoms with Crippen LogP contribution in [0.2, 0.25) is 0 Å². The maximum Gasteiger partial charge on any atom is 0.260 e. The molecule has 0 aliphatic carbocycles. The second-order valence-electron chi connectivity index (χ2n) is 6.77. The van der Waals surface area contributed by atoms with Crippen LogP contribution < -0.4 is 14.2 Å². The van der Waals surface area contributed by atoms with Crippen molar-refractivity contribution in [3.8, 4) is 23.3 Å². The van der Waals surface area contributed by atoms with E-state index in [1.54, 1.807) is 24.3 Å². The number of benzene rings is 2. The second-order valence-corrected chi connectivity index (χ2v) is 6.77. The molecule has 0 unspecified atom stereocenters. The number of halogens is 1. The van der Waals surface area contributed by atoms with Crippen molar-refractivity contribution in [1.82, 2.24) is 9.80 Å². The number of ether oxygens (including phenoxy) is 3. The molecule has 8 heteroatoms. The summed E-state index contributed by atoms with van der Waals surface area (Å²) in [4.78, 5) is 16.5. The standard InChI is InChI=1S/C21H21N3O4.ClH/c22-12-16-1-4-18(5-2-16)26-14-21(25)24-9-7-23(8-10-24)13-17-3-6-19-20(11-17)28-15-27-19;/h1-6,11H,7-10,13-15H2;1H. The third-order valence-corrected chi connectivity index (χ3v) is 4.91. The zero-order chi connectivity index (χ0) is 19.3. The van der Waals surface area contributed by atoms with Gasteiger partial charge in [-0.2, -0.15) is 5.26 Å². The van der Waals surface area contributed by atoms with Crippen molar-refractivity contribution in [2.24, 2.45) is 0 Å². The fourth-order valence-corrected chi connectivity index (χ4v) is 3.31. The van der Waals surface area contributed by atoms with Gasteiger partial charge in [-0.15, -0.1) is 12.4 Å². The summed E-state index contributed by atoms with van der Waals surface area (Å²) in [5.41, 5.74) is 1.74. The fraction of sp³-hybridized carbons (Fsp3) is 0.333. The molecule has 1 fully saturated rings. The van der Waals surface area contributed by atoms with E-state index in [1.807, 2.05) is 17.0 Å². The minimum atomic E-state index is -0.0212. The van der Waals surface area contributed by atoms with E-state index in [1.165, 1.54) is 5.56 Å². The molecule has 2 heterocycles. The average Bonchev–Trinajstić information content (AvgIpc) is 3.21. The lowest BCUT2D eigenvalue weighted by atomic mass is 10.1. The molecule has 2 aromatic carbocycles. The molecule has 0 N–H and O–H groups in total. The summed E-state index contributed by atoms with van der Waals surface area (Å²) >= 11 is 0. The maximum atomic E-state index is 12.4. The SMILES string of the molecule is Cl.N#Cc1ccc(OCC(=O)N2CCN(Cc3ccc4c(c3)OCO4)CC2)cc1. The number of nitriles is 1. The zero-order valence-corrected chi connectivity index (χ0v) is 16.7. The highest BCUT2D eigenvalue weighted by molar-refractivity contribution is 5.85. The summed E-state index contributed by atoms with van der Waals surface area (Å²) in [6, 6.07) is 14.8. The molecule has 4 rings (SSSR count). The first-order valence-electron chi connectivity index (χ1n) is 9.23. The van der Waals surface area contributed by atoms with Crippen molar-refractivity contribution >= 4 is 18.3 Å². The molecule has 0 bridgehead atoms. The predicted octanol–water partition coefficient (Wildman–Crippen LogP) is 2.43. The predicted molar refractivity (Wildman–Crippen MR) is 108 cm³/mol. The van der Waals surface area contributed by atoms with E-state index < -0.39 is 0 Å². The molecular formula is C21H22ClN3O4. The van der Waals surface area contributed by atoms with Crippen LogP contribution in [-0.2, 0) is 11.3 Å². The molecule has 2 aliphatic rings. The highest BCUT2D eigenvalue weighted by Crippen LogP contribution is 2.32. The van der Waals surface area contributed by atoms with Gasteiger partial charge in [0.25, 0.3) is 5.91 Å². The summed E-state index contributed by atoms with van der Waals surface area (Å²) in [6.45, 7) is 4.10. The molecule has 0 atom stereocenters. The number of rotatable bonds is 5. The number of amides is 1. The third kappa shape index (κ3) is 5.11. The molecular weight excluding hydrogens is 394 g/mol. The number of nitrogens with zero attached hydrogens (tertiary/aromatic N) is 3. The topological polar surface area (TPSA) is 75.0 Å². The van der Waals surface area contributed by atoms with Crippen molar-refractivity contribution in [3.63, 3.8) is 0 Å². The molecule has 0 radical (unpaired) electrons. The van der Waals surface area contributed by atoms with Crippen molar-refractivity contribution < 1.29 is 19.0 Å². The van der Waals surface area contributed by atoms with Crippen LogP contribution in [0.3, 0.4) is 0 Å². The normalized spacial score (nSPS) is 15.3. The van der Waals surface area contributed by atoms with E-state index >= 15 is 0 Å². The fourth-order valence-electron chi connectivity index (χ4n) is 3.31. The van der Waals surface area contributed by atoms with Gasteiger partial charge in [-0.25, -0.2) is 0 Å². The van der Waals surface area contributed by atoms with Crippen LogP contribution >= 0.6 is 12.4 Å². The summed E-state index contributed by atoms with van der Waals surface area (Å²) in [7, 11) is 0. The lowest BCUT2D eigenvalue weighted by Gasteiger charge is -2.34. The van der Waals surface area contributed by atoms with Gasteiger partial charge in [0.05, 0.1) is 11.6 Å². The van der Waals surface area contributed by atoms with Crippen LogP contribution in [0.25, 0.3) is 0 Å². The molecule has 0 saturated carbocycles. The van der Waals surface area contributed by atoms with Gasteiger partial charge in [-0.05, 0) is 42.0 Å². The van der Waals surface area contributed by atoms with Crippen molar-refractivity contribution in [2.75, 3.05) is 39.6 Å². The molecule has 0 aromatic heterocycles. The lowest BCUT2D eigenvalue weighted by Crippen LogP contribution is -2.49. The monoisotopic (exact) mass is 415 g/mol. The maximum absolute atomic E-state index is 12.4. The van der Waals surface area contributed by atoms with Crippen LogP contribution in [0, 0.1) is 11.3 Å². The van der Waals surface area contributed by atoms with E-state index in [0.29, 0.717) is 24.4 Å². The Kier molecular flexibility index (Phi) is 6.81. The highest BCUT2D eigenvalue weighted by Gasteiger charge is 2.22. The molecule has 0 spiro atoms. The Morgan fingerprint density at radius 3 is 2.48 bits per heavy atom. The molecule has 1 amide bonds. The number of carbonyl (C=O) groups excluding carboxylic acids is 1. The Balaban J connectivity index is 0.00000240. The van der Waals surface area contributed by atoms with Gasteiger partial charge >= 0.3 is 0 Å². The Morgan fingerprint density at radius 2 is 1.76 bits per heavy atom. The van der Waals surface area contributed by atoms with E-state index in [9.17, 15) is 4.79 Å². The Bertz CT molecular complexity index is 890. The average molecular weight is 416 g/mol. The number of fused-ring (bicyclic) bond motifs is 1. The van der Waals surface area contributed by atoms with Gasteiger partial charge in [0.2, 0.25) is 6.79 Å². The number of carbonyl (C=O) groups is 1. The van der Waals surface area contributed by atoms with Crippen LogP contribution in [0.5, 0.6) is 17.2 Å². The third-order valence-electron chi connectivity index (χ3n) is 4.91. The number of hydrogen-bond donors (Lipinski definition) is 0. The Labute approximate surface area is 175 Å². The van der Waals surface area contributed by atoms with Gasteiger partial charge in [-0.3, -0.25) is 9.69 Å². The van der Waals surface area contributed by atoms with Gasteiger partial charge < -0.3 is 19.1 Å². The molecule has 7 nitrogen and oxygen atoms in total. The lowest BCUT2D eigenvalue weighted by molar-refractivity contribution is -0.135. The van der Waals surface area contributed by atoms with E-state index in [-0.39, 0.29) is 31.7 Å². The van der Waals surface area contributed by atoms with Gasteiger partial charge in [0.1, 0.15) is 5.75 Å². The highest BCUT2D eigenvalue weighted by atomic mass is 35.5. The molecule has 152 valence electrons. The van der Waals surface area contributed by atoms with Crippen LogP contribution in [0.15, 0.2) is 42.5 Å². The first kappa shape index (κ1) is 20.8. The summed E-state index contributed by atoms with van der Waals surface area (Å²) in [5.74, 6) is 2.16. The van der Waals surface area contributed by atoms with Crippen LogP contribution in [-0.4, -0.2) is 55.3 Å². The second kappa shape index (κ2) is 9.50. The summed E-state index contributed by atoms with van der Waals surface area (Å²) in [6.07, 6.45) is 0. The van der Waals surface area contributed by atoms with Gasteiger partial charge in [0, 0.05) is 32.7 Å². The summed E-state index contributed by atoms with van der Waals surface area (Å²) < 4.78 is 16.3. The van der Waals surface area contributed by atoms with Gasteiger partial charge in [-0.1, -0.05) is 6.07 Å². The molecule has 1 saturated heterocycles. The van der Waals surface area contributed by atoms with E-state index in [4.69, 9.17) is 19.5 Å².